The van der Waals surface area contributed by atoms with Crippen LogP contribution in [0.5, 0.6) is 17.2 Å². The van der Waals surface area contributed by atoms with Crippen molar-refractivity contribution in [2.75, 3.05) is 27.0 Å². The van der Waals surface area contributed by atoms with Gasteiger partial charge in [0.25, 0.3) is 0 Å². The van der Waals surface area contributed by atoms with E-state index in [0.717, 1.165) is 34.9 Å². The quantitative estimate of drug-likeness (QED) is 0.788. The lowest BCUT2D eigenvalue weighted by Crippen LogP contribution is -2.36. The van der Waals surface area contributed by atoms with Crippen molar-refractivity contribution >= 4 is 5.91 Å². The molecule has 0 saturated heterocycles. The first-order valence-corrected chi connectivity index (χ1v) is 8.69. The molecule has 6 nitrogen and oxygen atoms in total. The van der Waals surface area contributed by atoms with Gasteiger partial charge in [-0.3, -0.25) is 9.69 Å². The number of nitrogens with zero attached hydrogens (tertiary/aromatic N) is 1. The van der Waals surface area contributed by atoms with E-state index in [1.165, 1.54) is 0 Å². The minimum absolute atomic E-state index is 0.0153. The third kappa shape index (κ3) is 4.46. The largest absolute Gasteiger partial charge is 0.496 e. The Bertz CT molecular complexity index is 763. The maximum atomic E-state index is 12.3. The van der Waals surface area contributed by atoms with Crippen molar-refractivity contribution in [3.63, 3.8) is 0 Å². The first-order chi connectivity index (χ1) is 12.7. The number of ether oxygens (including phenoxy) is 3. The van der Waals surface area contributed by atoms with Crippen molar-refractivity contribution in [1.29, 1.82) is 0 Å². The van der Waals surface area contributed by atoms with E-state index in [2.05, 4.69) is 10.2 Å². The molecule has 1 N–H and O–H groups in total. The standard InChI is InChI=1S/C20H24N2O4/c1-3-22(12-15-8-9-18-19(10-15)26-14-25-18)13-20(23)21-11-16-6-4-5-7-17(16)24-2/h4-10H,3,11-14H2,1-2H3,(H,21,23). The third-order valence-electron chi connectivity index (χ3n) is 4.33. The molecule has 0 saturated carbocycles. The third-order valence-corrected chi connectivity index (χ3v) is 4.33. The van der Waals surface area contributed by atoms with E-state index in [0.29, 0.717) is 19.6 Å². The summed E-state index contributed by atoms with van der Waals surface area (Å²) in [6, 6.07) is 13.6. The second-order valence-electron chi connectivity index (χ2n) is 6.08. The van der Waals surface area contributed by atoms with Crippen LogP contribution in [0.2, 0.25) is 0 Å². The Kier molecular flexibility index (Phi) is 5.96. The van der Waals surface area contributed by atoms with Crippen molar-refractivity contribution in [2.45, 2.75) is 20.0 Å². The number of amides is 1. The molecule has 0 radical (unpaired) electrons. The van der Waals surface area contributed by atoms with Gasteiger partial charge in [0.15, 0.2) is 11.5 Å². The minimum Gasteiger partial charge on any atom is -0.496 e. The fraction of sp³-hybridized carbons (Fsp3) is 0.350. The van der Waals surface area contributed by atoms with Crippen LogP contribution in [0.25, 0.3) is 0 Å². The van der Waals surface area contributed by atoms with Crippen LogP contribution < -0.4 is 19.5 Å². The number of para-hydroxylation sites is 1. The molecule has 1 amide bonds. The average Bonchev–Trinajstić information content (AvgIpc) is 3.13. The Hall–Kier alpha value is -2.73. The molecule has 0 spiro atoms. The number of benzene rings is 2. The highest BCUT2D eigenvalue weighted by Crippen LogP contribution is 2.32. The molecule has 0 bridgehead atoms. The topological polar surface area (TPSA) is 60.0 Å². The lowest BCUT2D eigenvalue weighted by molar-refractivity contribution is -0.122. The highest BCUT2D eigenvalue weighted by atomic mass is 16.7. The number of methoxy groups -OCH3 is 1. The Balaban J connectivity index is 1.53. The van der Waals surface area contributed by atoms with Crippen LogP contribution in [0.1, 0.15) is 18.1 Å². The normalized spacial score (nSPS) is 12.3. The van der Waals surface area contributed by atoms with Crippen molar-refractivity contribution in [1.82, 2.24) is 10.2 Å². The van der Waals surface area contributed by atoms with Crippen molar-refractivity contribution < 1.29 is 19.0 Å². The number of likely N-dealkylation sites (N-methyl/N-ethyl adjacent to an activating group) is 1. The van der Waals surface area contributed by atoms with E-state index in [4.69, 9.17) is 14.2 Å². The first kappa shape index (κ1) is 18.1. The number of nitrogens with one attached hydrogen (secondary N) is 1. The highest BCUT2D eigenvalue weighted by molar-refractivity contribution is 5.78. The molecule has 1 aliphatic rings. The smallest absolute Gasteiger partial charge is 0.234 e. The molecule has 138 valence electrons. The maximum Gasteiger partial charge on any atom is 0.234 e. The van der Waals surface area contributed by atoms with Crippen molar-refractivity contribution in [3.05, 3.63) is 53.6 Å². The molecule has 0 atom stereocenters. The molecule has 26 heavy (non-hydrogen) atoms. The van der Waals surface area contributed by atoms with Gasteiger partial charge in [0.1, 0.15) is 5.75 Å². The molecular weight excluding hydrogens is 332 g/mol. The van der Waals surface area contributed by atoms with Gasteiger partial charge >= 0.3 is 0 Å². The second-order valence-corrected chi connectivity index (χ2v) is 6.08. The molecule has 2 aromatic rings. The summed E-state index contributed by atoms with van der Waals surface area (Å²) in [6.45, 7) is 4.54. The van der Waals surface area contributed by atoms with Crippen LogP contribution in [0.3, 0.4) is 0 Å². The van der Waals surface area contributed by atoms with Crippen LogP contribution in [-0.4, -0.2) is 37.8 Å². The van der Waals surface area contributed by atoms with Crippen LogP contribution in [0.15, 0.2) is 42.5 Å². The summed E-state index contributed by atoms with van der Waals surface area (Å²) in [7, 11) is 1.63. The monoisotopic (exact) mass is 356 g/mol. The van der Waals surface area contributed by atoms with E-state index < -0.39 is 0 Å². The molecule has 0 aliphatic carbocycles. The van der Waals surface area contributed by atoms with E-state index in [1.807, 2.05) is 49.4 Å². The molecular formula is C20H24N2O4. The number of carbonyl (C=O) groups is 1. The number of fused-ring (bicyclic) bond motifs is 1. The zero-order chi connectivity index (χ0) is 18.4. The number of rotatable bonds is 8. The average molecular weight is 356 g/mol. The Morgan fingerprint density at radius 1 is 1.19 bits per heavy atom. The zero-order valence-corrected chi connectivity index (χ0v) is 15.2. The van der Waals surface area contributed by atoms with E-state index in [-0.39, 0.29) is 12.7 Å². The molecule has 2 aromatic carbocycles. The highest BCUT2D eigenvalue weighted by Gasteiger charge is 2.15. The number of hydrogen-bond donors (Lipinski definition) is 1. The Morgan fingerprint density at radius 2 is 2.00 bits per heavy atom. The van der Waals surface area contributed by atoms with Gasteiger partial charge in [-0.2, -0.15) is 0 Å². The summed E-state index contributed by atoms with van der Waals surface area (Å²) in [6.07, 6.45) is 0. The minimum atomic E-state index is -0.0153. The fourth-order valence-electron chi connectivity index (χ4n) is 2.88. The van der Waals surface area contributed by atoms with E-state index >= 15 is 0 Å². The predicted molar refractivity (Wildman–Crippen MR) is 98.4 cm³/mol. The first-order valence-electron chi connectivity index (χ1n) is 8.69. The van der Waals surface area contributed by atoms with E-state index in [9.17, 15) is 4.79 Å². The molecule has 0 unspecified atom stereocenters. The van der Waals surface area contributed by atoms with Crippen LogP contribution >= 0.6 is 0 Å². The van der Waals surface area contributed by atoms with E-state index in [1.54, 1.807) is 7.11 Å². The van der Waals surface area contributed by atoms with Gasteiger partial charge in [-0.05, 0) is 30.3 Å². The SMILES string of the molecule is CCN(CC(=O)NCc1ccccc1OC)Cc1ccc2c(c1)OCO2. The zero-order valence-electron chi connectivity index (χ0n) is 15.2. The maximum absolute atomic E-state index is 12.3. The van der Waals surface area contributed by atoms with Crippen LogP contribution in [-0.2, 0) is 17.9 Å². The molecule has 6 heteroatoms. The Labute approximate surface area is 153 Å². The van der Waals surface area contributed by atoms with Gasteiger partial charge in [-0.15, -0.1) is 0 Å². The lowest BCUT2D eigenvalue weighted by Gasteiger charge is -2.20. The van der Waals surface area contributed by atoms with Crippen molar-refractivity contribution in [2.24, 2.45) is 0 Å². The summed E-state index contributed by atoms with van der Waals surface area (Å²) >= 11 is 0. The predicted octanol–water partition coefficient (Wildman–Crippen LogP) is 2.56. The molecule has 3 rings (SSSR count). The van der Waals surface area contributed by atoms with Crippen LogP contribution in [0.4, 0.5) is 0 Å². The van der Waals surface area contributed by atoms with Gasteiger partial charge in [0, 0.05) is 18.7 Å². The summed E-state index contributed by atoms with van der Waals surface area (Å²) in [5.74, 6) is 2.30. The van der Waals surface area contributed by atoms with Crippen LogP contribution in [0, 0.1) is 0 Å². The van der Waals surface area contributed by atoms with Gasteiger partial charge in [-0.25, -0.2) is 0 Å². The summed E-state index contributed by atoms with van der Waals surface area (Å²) in [5.41, 5.74) is 2.05. The molecule has 1 aliphatic heterocycles. The summed E-state index contributed by atoms with van der Waals surface area (Å²) in [4.78, 5) is 14.4. The van der Waals surface area contributed by atoms with Gasteiger partial charge in [-0.1, -0.05) is 31.2 Å². The van der Waals surface area contributed by atoms with Gasteiger partial charge in [0.05, 0.1) is 13.7 Å². The van der Waals surface area contributed by atoms with Gasteiger partial charge < -0.3 is 19.5 Å². The van der Waals surface area contributed by atoms with Gasteiger partial charge in [0.2, 0.25) is 12.7 Å². The molecule has 0 aromatic heterocycles. The molecule has 0 fully saturated rings. The van der Waals surface area contributed by atoms with Crippen molar-refractivity contribution in [3.8, 4) is 17.2 Å². The Morgan fingerprint density at radius 3 is 2.81 bits per heavy atom. The lowest BCUT2D eigenvalue weighted by atomic mass is 10.2. The molecule has 1 heterocycles. The number of hydrogen-bond acceptors (Lipinski definition) is 5. The number of carbonyl (C=O) groups excluding carboxylic acids is 1. The fourth-order valence-corrected chi connectivity index (χ4v) is 2.88. The summed E-state index contributed by atoms with van der Waals surface area (Å²) in [5, 5.41) is 2.96. The summed E-state index contributed by atoms with van der Waals surface area (Å²) < 4.78 is 16.1. The second kappa shape index (κ2) is 8.58.